The summed E-state index contributed by atoms with van der Waals surface area (Å²) in [6.07, 6.45) is 3.40. The zero-order valence-corrected chi connectivity index (χ0v) is 15.9. The molecule has 0 saturated heterocycles. The van der Waals surface area contributed by atoms with Crippen molar-refractivity contribution in [1.82, 2.24) is 15.5 Å². The van der Waals surface area contributed by atoms with Crippen molar-refractivity contribution in [2.24, 2.45) is 0 Å². The number of unbranched alkanes of at least 4 members (excludes halogenated alkanes) is 1. The molecular weight excluding hydrogens is 318 g/mol. The Kier molecular flexibility index (Phi) is 13.4. The Morgan fingerprint density at radius 1 is 0.920 bits per heavy atom. The van der Waals surface area contributed by atoms with Gasteiger partial charge in [-0.3, -0.25) is 0 Å². The quantitative estimate of drug-likeness (QED) is 0.494. The summed E-state index contributed by atoms with van der Waals surface area (Å²) in [6.45, 7) is 9.90. The minimum atomic E-state index is -0.501. The fourth-order valence-corrected chi connectivity index (χ4v) is 2.11. The van der Waals surface area contributed by atoms with Gasteiger partial charge in [0.1, 0.15) is 5.60 Å². The molecule has 0 aromatic rings. The molecule has 0 saturated carbocycles. The normalized spacial score (nSPS) is 10.8. The molecule has 142 valence electrons. The predicted octanol–water partition coefficient (Wildman–Crippen LogP) is 2.40. The second-order valence-corrected chi connectivity index (χ2v) is 6.84. The maximum atomic E-state index is 12.3. The molecule has 0 heterocycles. The molecule has 0 fully saturated rings. The van der Waals surface area contributed by atoms with E-state index in [4.69, 9.17) is 15.3 Å². The van der Waals surface area contributed by atoms with E-state index in [-0.39, 0.29) is 6.09 Å². The van der Waals surface area contributed by atoms with E-state index < -0.39 is 5.60 Å². The summed E-state index contributed by atoms with van der Waals surface area (Å²) in [5.41, 5.74) is -0.501. The van der Waals surface area contributed by atoms with Crippen LogP contribution in [-0.2, 0) is 4.74 Å². The Hall–Kier alpha value is -1.83. The van der Waals surface area contributed by atoms with Crippen LogP contribution in [0.25, 0.3) is 0 Å². The first-order valence-corrected chi connectivity index (χ1v) is 9.04. The van der Waals surface area contributed by atoms with Crippen LogP contribution in [0.2, 0.25) is 0 Å². The van der Waals surface area contributed by atoms with Gasteiger partial charge in [0.25, 0.3) is 0 Å². The van der Waals surface area contributed by atoms with Gasteiger partial charge in [-0.1, -0.05) is 0 Å². The maximum absolute atomic E-state index is 12.3. The van der Waals surface area contributed by atoms with Crippen LogP contribution in [0.4, 0.5) is 4.79 Å². The zero-order chi connectivity index (χ0) is 19.0. The molecule has 0 aromatic heterocycles. The van der Waals surface area contributed by atoms with Crippen molar-refractivity contribution in [2.45, 2.75) is 58.5 Å². The fourth-order valence-electron chi connectivity index (χ4n) is 2.11. The van der Waals surface area contributed by atoms with E-state index in [9.17, 15) is 4.79 Å². The lowest BCUT2D eigenvalue weighted by molar-refractivity contribution is 0.0245. The number of nitrogens with one attached hydrogen (secondary N) is 2. The Balaban J connectivity index is 4.14. The molecule has 0 radical (unpaired) electrons. The van der Waals surface area contributed by atoms with Crippen LogP contribution in [0.5, 0.6) is 0 Å². The van der Waals surface area contributed by atoms with Crippen molar-refractivity contribution >= 4 is 6.09 Å². The van der Waals surface area contributed by atoms with Crippen LogP contribution in [0, 0.1) is 22.7 Å². The lowest BCUT2D eigenvalue weighted by Gasteiger charge is -2.27. The topological polar surface area (TPSA) is 101 Å². The van der Waals surface area contributed by atoms with Gasteiger partial charge in [0.2, 0.25) is 0 Å². The SMILES string of the molecule is CC(C)(C)OC(=O)N(CCCCNCCC#N)CCCNCCC#N. The number of rotatable bonds is 13. The number of carbonyl (C=O) groups excluding carboxylic acids is 1. The lowest BCUT2D eigenvalue weighted by atomic mass is 10.2. The summed E-state index contributed by atoms with van der Waals surface area (Å²) in [5, 5.41) is 23.4. The maximum Gasteiger partial charge on any atom is 0.410 e. The number of nitriles is 2. The van der Waals surface area contributed by atoms with E-state index in [0.29, 0.717) is 39.0 Å². The van der Waals surface area contributed by atoms with Gasteiger partial charge in [-0.15, -0.1) is 0 Å². The molecule has 0 unspecified atom stereocenters. The highest BCUT2D eigenvalue weighted by Gasteiger charge is 2.21. The molecular formula is C18H33N5O2. The van der Waals surface area contributed by atoms with Gasteiger partial charge >= 0.3 is 6.09 Å². The molecule has 0 bridgehead atoms. The average Bonchev–Trinajstić information content (AvgIpc) is 2.53. The van der Waals surface area contributed by atoms with Gasteiger partial charge in [-0.05, 0) is 53.1 Å². The van der Waals surface area contributed by atoms with Crippen LogP contribution < -0.4 is 10.6 Å². The molecule has 0 rings (SSSR count). The molecule has 0 aliphatic heterocycles. The number of ether oxygens (including phenoxy) is 1. The van der Waals surface area contributed by atoms with Crippen molar-refractivity contribution < 1.29 is 9.53 Å². The minimum Gasteiger partial charge on any atom is -0.444 e. The monoisotopic (exact) mass is 351 g/mol. The molecule has 0 aliphatic carbocycles. The first-order valence-electron chi connectivity index (χ1n) is 9.04. The van der Waals surface area contributed by atoms with Gasteiger partial charge in [-0.25, -0.2) is 4.79 Å². The van der Waals surface area contributed by atoms with Gasteiger partial charge in [0.05, 0.1) is 12.1 Å². The third kappa shape index (κ3) is 15.4. The number of hydrogen-bond donors (Lipinski definition) is 2. The van der Waals surface area contributed by atoms with Crippen molar-refractivity contribution in [3.05, 3.63) is 0 Å². The lowest BCUT2D eigenvalue weighted by Crippen LogP contribution is -2.39. The summed E-state index contributed by atoms with van der Waals surface area (Å²) in [4.78, 5) is 14.1. The van der Waals surface area contributed by atoms with Crippen molar-refractivity contribution in [1.29, 1.82) is 10.5 Å². The Morgan fingerprint density at radius 2 is 1.44 bits per heavy atom. The van der Waals surface area contributed by atoms with E-state index in [1.807, 2.05) is 20.8 Å². The van der Waals surface area contributed by atoms with E-state index >= 15 is 0 Å². The van der Waals surface area contributed by atoms with E-state index in [2.05, 4.69) is 22.8 Å². The van der Waals surface area contributed by atoms with E-state index in [1.54, 1.807) is 4.90 Å². The first kappa shape index (κ1) is 23.2. The second-order valence-electron chi connectivity index (χ2n) is 6.84. The molecule has 1 amide bonds. The Bertz CT molecular complexity index is 434. The summed E-state index contributed by atoms with van der Waals surface area (Å²) in [7, 11) is 0. The largest absolute Gasteiger partial charge is 0.444 e. The molecule has 7 nitrogen and oxygen atoms in total. The fraction of sp³-hybridized carbons (Fsp3) is 0.833. The molecule has 7 heteroatoms. The van der Waals surface area contributed by atoms with E-state index in [0.717, 1.165) is 32.4 Å². The average molecular weight is 351 g/mol. The molecule has 2 N–H and O–H groups in total. The Morgan fingerprint density at radius 3 is 1.96 bits per heavy atom. The molecule has 0 spiro atoms. The summed E-state index contributed by atoms with van der Waals surface area (Å²) in [6, 6.07) is 4.19. The van der Waals surface area contributed by atoms with Gasteiger partial charge in [0, 0.05) is 39.0 Å². The smallest absolute Gasteiger partial charge is 0.410 e. The molecule has 0 aliphatic rings. The number of hydrogen-bond acceptors (Lipinski definition) is 6. The van der Waals surface area contributed by atoms with Crippen LogP contribution in [0.15, 0.2) is 0 Å². The van der Waals surface area contributed by atoms with Crippen LogP contribution in [-0.4, -0.2) is 55.9 Å². The summed E-state index contributed by atoms with van der Waals surface area (Å²) < 4.78 is 5.48. The number of carbonyl (C=O) groups is 1. The van der Waals surface area contributed by atoms with Crippen molar-refractivity contribution in [2.75, 3.05) is 39.3 Å². The highest BCUT2D eigenvalue weighted by Crippen LogP contribution is 2.11. The van der Waals surface area contributed by atoms with Crippen LogP contribution in [0.1, 0.15) is 52.9 Å². The van der Waals surface area contributed by atoms with Crippen molar-refractivity contribution in [3.8, 4) is 12.1 Å². The summed E-state index contributed by atoms with van der Waals surface area (Å²) in [5.74, 6) is 0. The standard InChI is InChI=1S/C18H33N5O2/c1-18(2,3)25-17(24)23(16-8-14-22-13-7-10-20)15-5-4-11-21-12-6-9-19/h21-22H,4-8,11-16H2,1-3H3. The third-order valence-corrected chi connectivity index (χ3v) is 3.29. The molecule has 0 aromatic carbocycles. The van der Waals surface area contributed by atoms with Crippen molar-refractivity contribution in [3.63, 3.8) is 0 Å². The van der Waals surface area contributed by atoms with Crippen LogP contribution in [0.3, 0.4) is 0 Å². The first-order chi connectivity index (χ1) is 11.9. The van der Waals surface area contributed by atoms with Gasteiger partial charge in [-0.2, -0.15) is 10.5 Å². The number of nitrogens with zero attached hydrogens (tertiary/aromatic N) is 3. The molecule has 0 atom stereocenters. The predicted molar refractivity (Wildman–Crippen MR) is 97.9 cm³/mol. The second kappa shape index (κ2) is 14.5. The van der Waals surface area contributed by atoms with Gasteiger partial charge in [0.15, 0.2) is 0 Å². The van der Waals surface area contributed by atoms with Gasteiger partial charge < -0.3 is 20.3 Å². The summed E-state index contributed by atoms with van der Waals surface area (Å²) >= 11 is 0. The highest BCUT2D eigenvalue weighted by atomic mass is 16.6. The third-order valence-electron chi connectivity index (χ3n) is 3.29. The zero-order valence-electron chi connectivity index (χ0n) is 15.9. The Labute approximate surface area is 152 Å². The van der Waals surface area contributed by atoms with E-state index in [1.165, 1.54) is 0 Å². The minimum absolute atomic E-state index is 0.276. The molecule has 25 heavy (non-hydrogen) atoms. The van der Waals surface area contributed by atoms with Crippen LogP contribution >= 0.6 is 0 Å². The number of amides is 1. The highest BCUT2D eigenvalue weighted by molar-refractivity contribution is 5.68.